The molecule has 10 heteroatoms. The fraction of sp³-hybridized carbons (Fsp3) is 0.0952. The number of nitrogens with zero attached hydrogens (tertiary/aromatic N) is 4. The van der Waals surface area contributed by atoms with Gasteiger partial charge in [0.05, 0.1) is 16.4 Å². The molecule has 0 saturated carbocycles. The van der Waals surface area contributed by atoms with Crippen LogP contribution in [0.3, 0.4) is 0 Å². The van der Waals surface area contributed by atoms with Crippen LogP contribution in [0, 0.1) is 13.8 Å². The number of benzene rings is 1. The van der Waals surface area contributed by atoms with E-state index in [9.17, 15) is 9.59 Å². The Morgan fingerprint density at radius 2 is 1.74 bits per heavy atom. The molecule has 4 aromatic rings. The lowest BCUT2D eigenvalue weighted by molar-refractivity contribution is 0.0841. The summed E-state index contributed by atoms with van der Waals surface area (Å²) in [5.41, 5.74) is 7.96. The molecule has 0 unspecified atom stereocenters. The third-order valence-corrected chi connectivity index (χ3v) is 4.76. The molecule has 0 spiro atoms. The van der Waals surface area contributed by atoms with Gasteiger partial charge in [-0.05, 0) is 38.1 Å². The van der Waals surface area contributed by atoms with Crippen molar-refractivity contribution in [3.63, 3.8) is 0 Å². The number of carbonyl (C=O) groups excluding carboxylic acids is 2. The molecule has 0 fully saturated rings. The summed E-state index contributed by atoms with van der Waals surface area (Å²) >= 11 is 6.15. The fourth-order valence-electron chi connectivity index (χ4n) is 3.00. The van der Waals surface area contributed by atoms with Gasteiger partial charge in [0.1, 0.15) is 5.69 Å². The Labute approximate surface area is 182 Å². The molecule has 3 aromatic heterocycles. The Hall–Kier alpha value is -3.98. The summed E-state index contributed by atoms with van der Waals surface area (Å²) in [5, 5.41) is 11.3. The number of aryl methyl sites for hydroxylation is 2. The molecule has 31 heavy (non-hydrogen) atoms. The Bertz CT molecular complexity index is 1260. The molecule has 3 heterocycles. The molecule has 0 saturated heterocycles. The minimum Gasteiger partial charge on any atom is -0.272 e. The zero-order chi connectivity index (χ0) is 22.0. The van der Waals surface area contributed by atoms with Crippen molar-refractivity contribution in [2.75, 3.05) is 0 Å². The molecule has 0 bridgehead atoms. The second-order valence-corrected chi connectivity index (χ2v) is 7.19. The van der Waals surface area contributed by atoms with Crippen molar-refractivity contribution < 1.29 is 9.59 Å². The van der Waals surface area contributed by atoms with E-state index in [1.165, 1.54) is 0 Å². The summed E-state index contributed by atoms with van der Waals surface area (Å²) in [6.45, 7) is 3.74. The third-order valence-electron chi connectivity index (χ3n) is 4.45. The summed E-state index contributed by atoms with van der Waals surface area (Å²) in [4.78, 5) is 29.3. The number of aromatic nitrogens is 5. The molecule has 156 valence electrons. The molecule has 0 radical (unpaired) electrons. The van der Waals surface area contributed by atoms with Crippen LogP contribution in [0.15, 0.2) is 54.6 Å². The van der Waals surface area contributed by atoms with E-state index < -0.39 is 11.8 Å². The summed E-state index contributed by atoms with van der Waals surface area (Å²) in [5.74, 6) is -0.786. The lowest BCUT2D eigenvalue weighted by Gasteiger charge is -2.09. The van der Waals surface area contributed by atoms with Gasteiger partial charge < -0.3 is 0 Å². The second kappa shape index (κ2) is 8.41. The van der Waals surface area contributed by atoms with Crippen LogP contribution in [0.1, 0.15) is 32.4 Å². The molecular weight excluding hydrogens is 418 g/mol. The highest BCUT2D eigenvalue weighted by molar-refractivity contribution is 6.33. The maximum atomic E-state index is 12.6. The first-order valence-corrected chi connectivity index (χ1v) is 9.72. The summed E-state index contributed by atoms with van der Waals surface area (Å²) in [6.07, 6.45) is 0. The number of aromatic amines is 1. The number of H-pyrrole nitrogens is 1. The van der Waals surface area contributed by atoms with Gasteiger partial charge in [0, 0.05) is 11.3 Å². The number of hydrogen-bond acceptors (Lipinski definition) is 5. The zero-order valence-corrected chi connectivity index (χ0v) is 17.4. The van der Waals surface area contributed by atoms with Crippen LogP contribution in [0.4, 0.5) is 0 Å². The standard InChI is InChI=1S/C21H18ClN7O2/c1-12-10-13(2)29(28-12)18-9-8-15(22)19(23-18)21(31)27-26-20(30)17-11-16(24-25-17)14-6-4-3-5-7-14/h3-11H,1-2H3,(H,24,25)(H,26,30)(H,27,31). The van der Waals surface area contributed by atoms with E-state index in [0.717, 1.165) is 17.0 Å². The maximum absolute atomic E-state index is 12.6. The number of rotatable bonds is 4. The van der Waals surface area contributed by atoms with E-state index in [0.29, 0.717) is 11.5 Å². The van der Waals surface area contributed by atoms with Gasteiger partial charge in [-0.2, -0.15) is 10.2 Å². The lowest BCUT2D eigenvalue weighted by atomic mass is 10.1. The predicted molar refractivity (Wildman–Crippen MR) is 115 cm³/mol. The smallest absolute Gasteiger partial charge is 0.272 e. The van der Waals surface area contributed by atoms with Gasteiger partial charge in [-0.3, -0.25) is 25.5 Å². The van der Waals surface area contributed by atoms with Crippen LogP contribution in [0.5, 0.6) is 0 Å². The summed E-state index contributed by atoms with van der Waals surface area (Å²) in [6, 6.07) is 16.1. The number of hydrogen-bond donors (Lipinski definition) is 3. The van der Waals surface area contributed by atoms with Gasteiger partial charge in [-0.1, -0.05) is 41.9 Å². The van der Waals surface area contributed by atoms with E-state index in [1.807, 2.05) is 50.2 Å². The molecule has 4 rings (SSSR count). The predicted octanol–water partition coefficient (Wildman–Crippen LogP) is 3.00. The van der Waals surface area contributed by atoms with Crippen molar-refractivity contribution in [2.45, 2.75) is 13.8 Å². The van der Waals surface area contributed by atoms with E-state index >= 15 is 0 Å². The number of amides is 2. The Morgan fingerprint density at radius 3 is 2.45 bits per heavy atom. The Morgan fingerprint density at radius 1 is 1.00 bits per heavy atom. The second-order valence-electron chi connectivity index (χ2n) is 6.78. The molecule has 0 atom stereocenters. The van der Waals surface area contributed by atoms with E-state index in [4.69, 9.17) is 11.6 Å². The van der Waals surface area contributed by atoms with Gasteiger partial charge in [0.25, 0.3) is 11.8 Å². The molecule has 0 aliphatic rings. The highest BCUT2D eigenvalue weighted by Gasteiger charge is 2.17. The van der Waals surface area contributed by atoms with Crippen LogP contribution in [0.2, 0.25) is 5.02 Å². The SMILES string of the molecule is Cc1cc(C)n(-c2ccc(Cl)c(C(=O)NNC(=O)c3cc(-c4ccccc4)n[nH]3)n2)n1. The Balaban J connectivity index is 1.46. The molecule has 2 amide bonds. The van der Waals surface area contributed by atoms with Gasteiger partial charge in [-0.15, -0.1) is 0 Å². The fourth-order valence-corrected chi connectivity index (χ4v) is 3.20. The average Bonchev–Trinajstić information content (AvgIpc) is 3.39. The highest BCUT2D eigenvalue weighted by Crippen LogP contribution is 2.18. The van der Waals surface area contributed by atoms with Crippen molar-refractivity contribution >= 4 is 23.4 Å². The van der Waals surface area contributed by atoms with E-state index in [1.54, 1.807) is 22.9 Å². The summed E-state index contributed by atoms with van der Waals surface area (Å²) < 4.78 is 1.61. The van der Waals surface area contributed by atoms with Gasteiger partial charge >= 0.3 is 0 Å². The van der Waals surface area contributed by atoms with E-state index in [2.05, 4.69) is 31.1 Å². The lowest BCUT2D eigenvalue weighted by Crippen LogP contribution is -2.42. The number of carbonyl (C=O) groups is 2. The molecule has 3 N–H and O–H groups in total. The number of nitrogens with one attached hydrogen (secondary N) is 3. The van der Waals surface area contributed by atoms with E-state index in [-0.39, 0.29) is 16.4 Å². The number of pyridine rings is 1. The van der Waals surface area contributed by atoms with Crippen LogP contribution < -0.4 is 10.9 Å². The zero-order valence-electron chi connectivity index (χ0n) is 16.7. The van der Waals surface area contributed by atoms with Crippen LogP contribution in [-0.2, 0) is 0 Å². The maximum Gasteiger partial charge on any atom is 0.289 e. The Kier molecular flexibility index (Phi) is 5.50. The minimum absolute atomic E-state index is 0.0402. The van der Waals surface area contributed by atoms with Crippen molar-refractivity contribution in [3.05, 3.63) is 82.4 Å². The van der Waals surface area contributed by atoms with Crippen LogP contribution in [0.25, 0.3) is 17.1 Å². The van der Waals surface area contributed by atoms with Crippen LogP contribution in [-0.4, -0.2) is 36.8 Å². The average molecular weight is 436 g/mol. The van der Waals surface area contributed by atoms with Gasteiger partial charge in [0.15, 0.2) is 11.5 Å². The van der Waals surface area contributed by atoms with Gasteiger partial charge in [0.2, 0.25) is 0 Å². The normalized spacial score (nSPS) is 10.7. The van der Waals surface area contributed by atoms with Crippen molar-refractivity contribution in [2.24, 2.45) is 0 Å². The van der Waals surface area contributed by atoms with Crippen LogP contribution >= 0.6 is 11.6 Å². The highest BCUT2D eigenvalue weighted by atomic mass is 35.5. The molecule has 0 aliphatic carbocycles. The summed E-state index contributed by atoms with van der Waals surface area (Å²) in [7, 11) is 0. The molecule has 1 aromatic carbocycles. The molecular formula is C21H18ClN7O2. The van der Waals surface area contributed by atoms with Crippen molar-refractivity contribution in [1.29, 1.82) is 0 Å². The quantitative estimate of drug-likeness (QED) is 0.426. The molecule has 9 nitrogen and oxygen atoms in total. The van der Waals surface area contributed by atoms with Gasteiger partial charge in [-0.25, -0.2) is 9.67 Å². The number of hydrazine groups is 1. The first kappa shape index (κ1) is 20.3. The largest absolute Gasteiger partial charge is 0.289 e. The number of halogens is 1. The first-order chi connectivity index (χ1) is 14.9. The third kappa shape index (κ3) is 4.31. The topological polar surface area (TPSA) is 118 Å². The first-order valence-electron chi connectivity index (χ1n) is 9.34. The molecule has 0 aliphatic heterocycles. The minimum atomic E-state index is -0.662. The monoisotopic (exact) mass is 435 g/mol. The van der Waals surface area contributed by atoms with Crippen molar-refractivity contribution in [3.8, 4) is 17.1 Å². The van der Waals surface area contributed by atoms with Crippen molar-refractivity contribution in [1.82, 2.24) is 35.8 Å².